The van der Waals surface area contributed by atoms with Crippen molar-refractivity contribution in [2.75, 3.05) is 26.8 Å². The van der Waals surface area contributed by atoms with Crippen molar-refractivity contribution in [2.24, 2.45) is 7.05 Å². The largest absolute Gasteiger partial charge is 0.491 e. The van der Waals surface area contributed by atoms with Crippen molar-refractivity contribution in [2.45, 2.75) is 26.1 Å². The van der Waals surface area contributed by atoms with E-state index in [-0.39, 0.29) is 30.8 Å². The summed E-state index contributed by atoms with van der Waals surface area (Å²) < 4.78 is 7.74. The highest BCUT2D eigenvalue weighted by molar-refractivity contribution is 7.19. The third-order valence-corrected chi connectivity index (χ3v) is 7.99. The first-order valence-electron chi connectivity index (χ1n) is 12.5. The Labute approximate surface area is 236 Å². The van der Waals surface area contributed by atoms with E-state index in [1.54, 1.807) is 42.6 Å². The van der Waals surface area contributed by atoms with Crippen molar-refractivity contribution < 1.29 is 19.7 Å². The Morgan fingerprint density at radius 1 is 1.18 bits per heavy atom. The Balaban J connectivity index is 1.46. The fourth-order valence-corrected chi connectivity index (χ4v) is 5.92. The third-order valence-electron chi connectivity index (χ3n) is 6.47. The first-order chi connectivity index (χ1) is 18.7. The second kappa shape index (κ2) is 12.8. The minimum atomic E-state index is -0.710. The first-order valence-corrected chi connectivity index (χ1v) is 13.7. The monoisotopic (exact) mass is 569 g/mol. The highest BCUT2D eigenvalue weighted by atomic mass is 35.5. The number of nitrogens with one attached hydrogen (secondary N) is 1. The average molecular weight is 570 g/mol. The van der Waals surface area contributed by atoms with Crippen LogP contribution in [0, 0.1) is 6.92 Å². The summed E-state index contributed by atoms with van der Waals surface area (Å²) in [5, 5.41) is 23.1. The van der Waals surface area contributed by atoms with Gasteiger partial charge < -0.3 is 24.8 Å². The number of likely N-dealkylation sites (N-methyl/N-ethyl adjacent to an activating group) is 1. The van der Waals surface area contributed by atoms with Gasteiger partial charge in [0.05, 0.1) is 22.9 Å². The summed E-state index contributed by atoms with van der Waals surface area (Å²) in [7, 11) is 3.75. The third kappa shape index (κ3) is 6.87. The lowest BCUT2D eigenvalue weighted by Crippen LogP contribution is -2.29. The molecule has 8 nitrogen and oxygen atoms in total. The van der Waals surface area contributed by atoms with E-state index in [4.69, 9.17) is 21.4 Å². The Bertz CT molecular complexity index is 1500. The summed E-state index contributed by atoms with van der Waals surface area (Å²) in [6.07, 6.45) is 0.881. The van der Waals surface area contributed by atoms with E-state index in [2.05, 4.69) is 5.32 Å². The maximum atomic E-state index is 13.3. The maximum absolute atomic E-state index is 13.3. The quantitative estimate of drug-likeness (QED) is 0.252. The molecular formula is C29H32ClN3O5S. The molecule has 0 aliphatic carbocycles. The molecule has 206 valence electrons. The molecule has 0 bridgehead atoms. The van der Waals surface area contributed by atoms with Crippen molar-refractivity contribution in [3.63, 3.8) is 0 Å². The molecule has 0 saturated carbocycles. The van der Waals surface area contributed by atoms with Crippen LogP contribution in [0.1, 0.15) is 38.0 Å². The number of ether oxygens (including phenoxy) is 1. The SMILES string of the molecule is Cc1c(CN(C)CC(O)c2ccc(OCCO)cc2)sc2c(=O)c(C(=O)NCc3ccc(Cl)cc3)cn(C)c12. The van der Waals surface area contributed by atoms with E-state index >= 15 is 0 Å². The van der Waals surface area contributed by atoms with Crippen LogP contribution in [0.4, 0.5) is 0 Å². The number of aliphatic hydroxyl groups is 2. The van der Waals surface area contributed by atoms with Crippen molar-refractivity contribution in [1.82, 2.24) is 14.8 Å². The molecule has 1 unspecified atom stereocenters. The fourth-order valence-electron chi connectivity index (χ4n) is 4.42. The van der Waals surface area contributed by atoms with Gasteiger partial charge in [0.15, 0.2) is 0 Å². The highest BCUT2D eigenvalue weighted by Crippen LogP contribution is 2.30. The molecule has 1 atom stereocenters. The predicted octanol–water partition coefficient (Wildman–Crippen LogP) is 4.03. The van der Waals surface area contributed by atoms with E-state index in [9.17, 15) is 14.7 Å². The van der Waals surface area contributed by atoms with Crippen molar-refractivity contribution in [1.29, 1.82) is 0 Å². The standard InChI is InChI=1S/C29H32ClN3O5S/c1-18-25(17-32(2)16-24(35)20-6-10-22(11-7-20)38-13-12-34)39-28-26(18)33(3)15-23(27(28)36)29(37)31-14-19-4-8-21(30)9-5-19/h4-11,15,24,34-35H,12-14,16-17H2,1-3H3,(H,31,37). The number of benzene rings is 2. The van der Waals surface area contributed by atoms with Gasteiger partial charge >= 0.3 is 0 Å². The number of carbonyl (C=O) groups is 1. The topological polar surface area (TPSA) is 104 Å². The molecule has 2 heterocycles. The number of hydrogen-bond donors (Lipinski definition) is 3. The Morgan fingerprint density at radius 3 is 2.54 bits per heavy atom. The van der Waals surface area contributed by atoms with E-state index < -0.39 is 12.0 Å². The number of nitrogens with zero attached hydrogens (tertiary/aromatic N) is 2. The maximum Gasteiger partial charge on any atom is 0.257 e. The van der Waals surface area contributed by atoms with Gasteiger partial charge in [-0.1, -0.05) is 35.9 Å². The smallest absolute Gasteiger partial charge is 0.257 e. The van der Waals surface area contributed by atoms with Gasteiger partial charge in [-0.2, -0.15) is 0 Å². The zero-order valence-corrected chi connectivity index (χ0v) is 23.7. The van der Waals surface area contributed by atoms with E-state index in [0.717, 1.165) is 27.1 Å². The van der Waals surface area contributed by atoms with E-state index in [0.29, 0.717) is 28.6 Å². The molecule has 0 fully saturated rings. The van der Waals surface area contributed by atoms with Gasteiger partial charge in [-0.3, -0.25) is 14.5 Å². The summed E-state index contributed by atoms with van der Waals surface area (Å²) in [6.45, 7) is 3.35. The van der Waals surface area contributed by atoms with Crippen LogP contribution in [0.3, 0.4) is 0 Å². The van der Waals surface area contributed by atoms with Crippen LogP contribution < -0.4 is 15.5 Å². The summed E-state index contributed by atoms with van der Waals surface area (Å²) in [5.74, 6) is 0.210. The lowest BCUT2D eigenvalue weighted by atomic mass is 10.1. The number of aryl methyl sites for hydroxylation is 2. The number of rotatable bonds is 11. The molecule has 0 aliphatic heterocycles. The Kier molecular flexibility index (Phi) is 9.42. The number of halogens is 1. The molecule has 0 aliphatic rings. The molecule has 10 heteroatoms. The number of fused-ring (bicyclic) bond motifs is 1. The number of thiophene rings is 1. The van der Waals surface area contributed by atoms with Gasteiger partial charge in [-0.25, -0.2) is 0 Å². The van der Waals surface area contributed by atoms with Gasteiger partial charge in [-0.05, 0) is 54.9 Å². The number of aromatic nitrogens is 1. The predicted molar refractivity (Wildman–Crippen MR) is 155 cm³/mol. The van der Waals surface area contributed by atoms with Crippen LogP contribution in [-0.2, 0) is 20.1 Å². The normalized spacial score (nSPS) is 12.2. The van der Waals surface area contributed by atoms with Gasteiger partial charge in [0.1, 0.15) is 17.9 Å². The molecule has 3 N–H and O–H groups in total. The molecular weight excluding hydrogens is 538 g/mol. The van der Waals surface area contributed by atoms with E-state index in [1.165, 1.54) is 11.3 Å². The van der Waals surface area contributed by atoms with Gasteiger partial charge in [0.25, 0.3) is 5.91 Å². The van der Waals surface area contributed by atoms with Gasteiger partial charge in [0.2, 0.25) is 5.43 Å². The Morgan fingerprint density at radius 2 is 1.87 bits per heavy atom. The zero-order chi connectivity index (χ0) is 28.1. The minimum absolute atomic E-state index is 0.0585. The number of amides is 1. The molecule has 0 radical (unpaired) electrons. The van der Waals surface area contributed by atoms with Crippen molar-refractivity contribution >= 4 is 39.1 Å². The second-order valence-electron chi connectivity index (χ2n) is 9.47. The van der Waals surface area contributed by atoms with Crippen LogP contribution in [0.25, 0.3) is 10.2 Å². The molecule has 0 saturated heterocycles. The number of hydrogen-bond acceptors (Lipinski definition) is 7. The number of carbonyl (C=O) groups excluding carboxylic acids is 1. The number of pyridine rings is 1. The lowest BCUT2D eigenvalue weighted by molar-refractivity contribution is 0.0949. The molecule has 2 aromatic heterocycles. The Hall–Kier alpha value is -3.21. The van der Waals surface area contributed by atoms with Gasteiger partial charge in [-0.15, -0.1) is 11.3 Å². The summed E-state index contributed by atoms with van der Waals surface area (Å²) >= 11 is 7.31. The molecule has 0 spiro atoms. The molecule has 1 amide bonds. The average Bonchev–Trinajstić information content (AvgIpc) is 3.25. The summed E-state index contributed by atoms with van der Waals surface area (Å²) in [6, 6.07) is 14.3. The number of aliphatic hydroxyl groups excluding tert-OH is 2. The van der Waals surface area contributed by atoms with Crippen molar-refractivity contribution in [3.05, 3.63) is 97.1 Å². The summed E-state index contributed by atoms with van der Waals surface area (Å²) in [4.78, 5) is 29.2. The van der Waals surface area contributed by atoms with Crippen LogP contribution in [0.15, 0.2) is 59.5 Å². The summed E-state index contributed by atoms with van der Waals surface area (Å²) in [5.41, 5.74) is 3.24. The minimum Gasteiger partial charge on any atom is -0.491 e. The molecule has 2 aromatic carbocycles. The molecule has 4 aromatic rings. The van der Waals surface area contributed by atoms with Crippen LogP contribution in [0.2, 0.25) is 5.02 Å². The second-order valence-corrected chi connectivity index (χ2v) is 11.0. The molecule has 39 heavy (non-hydrogen) atoms. The fraction of sp³-hybridized carbons (Fsp3) is 0.310. The molecule has 4 rings (SSSR count). The van der Waals surface area contributed by atoms with Crippen LogP contribution in [0.5, 0.6) is 5.75 Å². The van der Waals surface area contributed by atoms with Crippen molar-refractivity contribution in [3.8, 4) is 5.75 Å². The zero-order valence-electron chi connectivity index (χ0n) is 22.1. The van der Waals surface area contributed by atoms with Crippen LogP contribution in [-0.4, -0.2) is 52.4 Å². The van der Waals surface area contributed by atoms with Crippen LogP contribution >= 0.6 is 22.9 Å². The van der Waals surface area contributed by atoms with E-state index in [1.807, 2.05) is 42.6 Å². The first kappa shape index (κ1) is 28.8. The highest BCUT2D eigenvalue weighted by Gasteiger charge is 2.21. The van der Waals surface area contributed by atoms with Gasteiger partial charge in [0, 0.05) is 42.8 Å². The lowest BCUT2D eigenvalue weighted by Gasteiger charge is -2.21.